The van der Waals surface area contributed by atoms with Gasteiger partial charge in [0.25, 0.3) is 0 Å². The summed E-state index contributed by atoms with van der Waals surface area (Å²) in [7, 11) is 0. The van der Waals surface area contributed by atoms with Crippen LogP contribution in [0.1, 0.15) is 12.5 Å². The van der Waals surface area contributed by atoms with E-state index in [1.165, 1.54) is 17.7 Å². The maximum atomic E-state index is 13.4. The van der Waals surface area contributed by atoms with Gasteiger partial charge in [-0.2, -0.15) is 0 Å². The number of halogens is 1. The fraction of sp³-hybridized carbons (Fsp3) is 0.200. The predicted octanol–water partition coefficient (Wildman–Crippen LogP) is 3.43. The van der Waals surface area contributed by atoms with Gasteiger partial charge in [0.15, 0.2) is 0 Å². The van der Waals surface area contributed by atoms with Gasteiger partial charge in [-0.3, -0.25) is 0 Å². The summed E-state index contributed by atoms with van der Waals surface area (Å²) in [5, 5.41) is 0. The van der Waals surface area contributed by atoms with E-state index in [-0.39, 0.29) is 5.82 Å². The number of anilines is 2. The highest BCUT2D eigenvalue weighted by Gasteiger charge is 2.07. The molecule has 2 rings (SSSR count). The summed E-state index contributed by atoms with van der Waals surface area (Å²) in [4.78, 5) is 2.09. The molecule has 0 atom stereocenters. The number of nitrogen functional groups attached to an aromatic ring is 1. The molecule has 0 heterocycles. The number of nitrogens with two attached hydrogens (primary N) is 1. The van der Waals surface area contributed by atoms with Crippen molar-refractivity contribution in [2.24, 2.45) is 0 Å². The van der Waals surface area contributed by atoms with E-state index in [1.807, 2.05) is 25.1 Å². The third-order valence-corrected chi connectivity index (χ3v) is 2.87. The standard InChI is InChI=1S/C15H17FN2/c1-2-18(11-12-6-4-3-5-7-12)15-9-13(16)8-14(17)10-15/h3-10H,2,11,17H2,1H3. The van der Waals surface area contributed by atoms with Crippen molar-refractivity contribution in [2.75, 3.05) is 17.2 Å². The molecule has 0 aliphatic rings. The van der Waals surface area contributed by atoms with E-state index >= 15 is 0 Å². The van der Waals surface area contributed by atoms with E-state index in [4.69, 9.17) is 5.73 Å². The summed E-state index contributed by atoms with van der Waals surface area (Å²) >= 11 is 0. The zero-order chi connectivity index (χ0) is 13.0. The predicted molar refractivity (Wildman–Crippen MR) is 74.0 cm³/mol. The lowest BCUT2D eigenvalue weighted by molar-refractivity contribution is 0.627. The first-order valence-corrected chi connectivity index (χ1v) is 6.04. The number of nitrogens with zero attached hydrogens (tertiary/aromatic N) is 1. The van der Waals surface area contributed by atoms with E-state index in [0.717, 1.165) is 18.8 Å². The minimum absolute atomic E-state index is 0.295. The Balaban J connectivity index is 2.23. The first-order valence-electron chi connectivity index (χ1n) is 6.04. The zero-order valence-electron chi connectivity index (χ0n) is 10.4. The first-order chi connectivity index (χ1) is 8.69. The van der Waals surface area contributed by atoms with Crippen LogP contribution in [-0.4, -0.2) is 6.54 Å². The molecule has 0 aliphatic heterocycles. The molecule has 0 spiro atoms. The van der Waals surface area contributed by atoms with Crippen molar-refractivity contribution < 1.29 is 4.39 Å². The largest absolute Gasteiger partial charge is 0.399 e. The molecule has 3 heteroatoms. The van der Waals surface area contributed by atoms with E-state index in [9.17, 15) is 4.39 Å². The van der Waals surface area contributed by atoms with Crippen LogP contribution < -0.4 is 10.6 Å². The van der Waals surface area contributed by atoms with Gasteiger partial charge in [-0.15, -0.1) is 0 Å². The molecule has 0 aliphatic carbocycles. The molecule has 2 nitrogen and oxygen atoms in total. The van der Waals surface area contributed by atoms with Crippen LogP contribution in [0.15, 0.2) is 48.5 Å². The Morgan fingerprint density at radius 2 is 1.83 bits per heavy atom. The van der Waals surface area contributed by atoms with Gasteiger partial charge in [0.2, 0.25) is 0 Å². The van der Waals surface area contributed by atoms with Gasteiger partial charge in [-0.25, -0.2) is 4.39 Å². The molecule has 2 N–H and O–H groups in total. The van der Waals surface area contributed by atoms with Crippen molar-refractivity contribution in [1.29, 1.82) is 0 Å². The third-order valence-electron chi connectivity index (χ3n) is 2.87. The second-order valence-electron chi connectivity index (χ2n) is 4.24. The lowest BCUT2D eigenvalue weighted by atomic mass is 10.2. The lowest BCUT2D eigenvalue weighted by Gasteiger charge is -2.23. The summed E-state index contributed by atoms with van der Waals surface area (Å²) in [5.41, 5.74) is 8.15. The van der Waals surface area contributed by atoms with Crippen molar-refractivity contribution in [3.05, 3.63) is 59.9 Å². The fourth-order valence-corrected chi connectivity index (χ4v) is 1.97. The van der Waals surface area contributed by atoms with Crippen LogP contribution in [0.4, 0.5) is 15.8 Å². The monoisotopic (exact) mass is 244 g/mol. The van der Waals surface area contributed by atoms with Gasteiger partial charge in [0, 0.05) is 24.5 Å². The second-order valence-corrected chi connectivity index (χ2v) is 4.24. The maximum absolute atomic E-state index is 13.4. The van der Waals surface area contributed by atoms with E-state index < -0.39 is 0 Å². The molecule has 0 unspecified atom stereocenters. The molecule has 0 saturated carbocycles. The highest BCUT2D eigenvalue weighted by atomic mass is 19.1. The molecule has 2 aromatic carbocycles. The highest BCUT2D eigenvalue weighted by Crippen LogP contribution is 2.21. The average molecular weight is 244 g/mol. The minimum Gasteiger partial charge on any atom is -0.399 e. The Hall–Kier alpha value is -2.03. The summed E-state index contributed by atoms with van der Waals surface area (Å²) < 4.78 is 13.4. The third kappa shape index (κ3) is 3.00. The van der Waals surface area contributed by atoms with Crippen molar-refractivity contribution in [3.8, 4) is 0 Å². The smallest absolute Gasteiger partial charge is 0.127 e. The van der Waals surface area contributed by atoms with E-state index in [2.05, 4.69) is 17.0 Å². The van der Waals surface area contributed by atoms with Crippen LogP contribution >= 0.6 is 0 Å². The Morgan fingerprint density at radius 3 is 2.44 bits per heavy atom. The van der Waals surface area contributed by atoms with Crippen LogP contribution in [0.25, 0.3) is 0 Å². The van der Waals surface area contributed by atoms with Crippen molar-refractivity contribution >= 4 is 11.4 Å². The van der Waals surface area contributed by atoms with Crippen molar-refractivity contribution in [3.63, 3.8) is 0 Å². The Bertz CT molecular complexity index is 491. The van der Waals surface area contributed by atoms with Crippen molar-refractivity contribution in [1.82, 2.24) is 0 Å². The molecule has 94 valence electrons. The molecule has 0 radical (unpaired) electrons. The number of rotatable bonds is 4. The summed E-state index contributed by atoms with van der Waals surface area (Å²) in [6.07, 6.45) is 0. The summed E-state index contributed by atoms with van der Waals surface area (Å²) in [6, 6.07) is 14.8. The van der Waals surface area contributed by atoms with E-state index in [1.54, 1.807) is 6.07 Å². The van der Waals surface area contributed by atoms with Gasteiger partial charge in [0.1, 0.15) is 5.82 Å². The number of hydrogen-bond acceptors (Lipinski definition) is 2. The van der Waals surface area contributed by atoms with Gasteiger partial charge in [-0.05, 0) is 30.7 Å². The van der Waals surface area contributed by atoms with E-state index in [0.29, 0.717) is 5.69 Å². The van der Waals surface area contributed by atoms with Gasteiger partial charge in [0.05, 0.1) is 0 Å². The number of benzene rings is 2. The van der Waals surface area contributed by atoms with Crippen molar-refractivity contribution in [2.45, 2.75) is 13.5 Å². The molecule has 0 amide bonds. The highest BCUT2D eigenvalue weighted by molar-refractivity contribution is 5.56. The first kappa shape index (κ1) is 12.4. The van der Waals surface area contributed by atoms with Gasteiger partial charge < -0.3 is 10.6 Å². The Labute approximate surface area is 107 Å². The topological polar surface area (TPSA) is 29.3 Å². The Kier molecular flexibility index (Phi) is 3.82. The SMILES string of the molecule is CCN(Cc1ccccc1)c1cc(N)cc(F)c1. The van der Waals surface area contributed by atoms with Crippen LogP contribution in [0.5, 0.6) is 0 Å². The molecule has 0 saturated heterocycles. The maximum Gasteiger partial charge on any atom is 0.127 e. The normalized spacial score (nSPS) is 10.3. The molecular weight excluding hydrogens is 227 g/mol. The second kappa shape index (κ2) is 5.54. The van der Waals surface area contributed by atoms with Crippen LogP contribution in [-0.2, 0) is 6.54 Å². The molecule has 0 aromatic heterocycles. The quantitative estimate of drug-likeness (QED) is 0.835. The molecule has 0 fully saturated rings. The van der Waals surface area contributed by atoms with Gasteiger partial charge >= 0.3 is 0 Å². The minimum atomic E-state index is -0.295. The zero-order valence-corrected chi connectivity index (χ0v) is 10.4. The molecule has 0 bridgehead atoms. The lowest BCUT2D eigenvalue weighted by Crippen LogP contribution is -2.22. The Morgan fingerprint density at radius 1 is 1.11 bits per heavy atom. The van der Waals surface area contributed by atoms with Crippen LogP contribution in [0, 0.1) is 5.82 Å². The number of hydrogen-bond donors (Lipinski definition) is 1. The van der Waals surface area contributed by atoms with Crippen LogP contribution in [0.3, 0.4) is 0 Å². The summed E-state index contributed by atoms with van der Waals surface area (Å²) in [5.74, 6) is -0.295. The fourth-order valence-electron chi connectivity index (χ4n) is 1.97. The summed E-state index contributed by atoms with van der Waals surface area (Å²) in [6.45, 7) is 3.60. The van der Waals surface area contributed by atoms with Crippen LogP contribution in [0.2, 0.25) is 0 Å². The average Bonchev–Trinajstić information content (AvgIpc) is 2.36. The molecule has 18 heavy (non-hydrogen) atoms. The van der Waals surface area contributed by atoms with Gasteiger partial charge in [-0.1, -0.05) is 30.3 Å². The molecule has 2 aromatic rings. The molecular formula is C15H17FN2.